The van der Waals surface area contributed by atoms with Gasteiger partial charge in [0.15, 0.2) is 0 Å². The molecule has 0 saturated carbocycles. The number of rotatable bonds is 13. The van der Waals surface area contributed by atoms with Crippen LogP contribution in [-0.4, -0.2) is 45.6 Å². The van der Waals surface area contributed by atoms with E-state index in [-0.39, 0.29) is 22.3 Å². The minimum absolute atomic E-state index is 0.0387. The highest BCUT2D eigenvalue weighted by Crippen LogP contribution is 2.23. The number of alkyl halides is 2. The van der Waals surface area contributed by atoms with Crippen LogP contribution in [-0.2, 0) is 9.59 Å². The van der Waals surface area contributed by atoms with Gasteiger partial charge in [0.05, 0.1) is 0 Å². The number of anilines is 2. The van der Waals surface area contributed by atoms with Gasteiger partial charge in [0.2, 0.25) is 11.8 Å². The average molecular weight is 486 g/mol. The molecule has 162 valence electrons. The number of thioether (sulfide) groups is 2. The molecule has 8 heteroatoms. The molecular formula is C22H26Cl2N2O2S2. The third-order valence-electron chi connectivity index (χ3n) is 4.08. The van der Waals surface area contributed by atoms with Crippen LogP contribution in [0.5, 0.6) is 0 Å². The fraction of sp³-hybridized carbons (Fsp3) is 0.364. The monoisotopic (exact) mass is 484 g/mol. The van der Waals surface area contributed by atoms with E-state index in [2.05, 4.69) is 10.6 Å². The van der Waals surface area contributed by atoms with Crippen LogP contribution < -0.4 is 10.6 Å². The molecule has 2 aromatic rings. The van der Waals surface area contributed by atoms with Crippen molar-refractivity contribution >= 4 is 69.9 Å². The zero-order chi connectivity index (χ0) is 21.6. The highest BCUT2D eigenvalue weighted by molar-refractivity contribution is 8.03. The minimum atomic E-state index is -0.0387. The van der Waals surface area contributed by atoms with Crippen molar-refractivity contribution < 1.29 is 9.59 Å². The van der Waals surface area contributed by atoms with Crippen LogP contribution >= 0.6 is 46.7 Å². The first-order valence-electron chi connectivity index (χ1n) is 9.65. The number of carbonyl (C=O) groups excluding carboxylic acids is 2. The fourth-order valence-electron chi connectivity index (χ4n) is 2.63. The van der Waals surface area contributed by atoms with Gasteiger partial charge in [-0.25, -0.2) is 0 Å². The first kappa shape index (κ1) is 24.9. The van der Waals surface area contributed by atoms with Crippen molar-refractivity contribution in [3.63, 3.8) is 0 Å². The third kappa shape index (κ3) is 10.1. The molecule has 2 rings (SSSR count). The number of carbonyl (C=O) groups is 2. The second kappa shape index (κ2) is 14.6. The Labute approximate surface area is 196 Å². The lowest BCUT2D eigenvalue weighted by atomic mass is 10.3. The molecule has 0 aliphatic carbocycles. The molecule has 0 bridgehead atoms. The summed E-state index contributed by atoms with van der Waals surface area (Å²) < 4.78 is 0. The summed E-state index contributed by atoms with van der Waals surface area (Å²) >= 11 is 15.4. The van der Waals surface area contributed by atoms with Gasteiger partial charge in [0.1, 0.15) is 0 Å². The van der Waals surface area contributed by atoms with Gasteiger partial charge in [0.25, 0.3) is 0 Å². The summed E-state index contributed by atoms with van der Waals surface area (Å²) in [4.78, 5) is 24.4. The molecule has 0 spiro atoms. The van der Waals surface area contributed by atoms with Crippen LogP contribution in [0.25, 0.3) is 0 Å². The Hall–Kier alpha value is -1.34. The van der Waals surface area contributed by atoms with Crippen LogP contribution in [0.4, 0.5) is 11.4 Å². The van der Waals surface area contributed by atoms with Gasteiger partial charge in [-0.05, 0) is 24.3 Å². The van der Waals surface area contributed by atoms with E-state index in [9.17, 15) is 9.59 Å². The van der Waals surface area contributed by atoms with Crippen molar-refractivity contribution in [2.75, 3.05) is 33.9 Å². The zero-order valence-corrected chi connectivity index (χ0v) is 19.7. The molecule has 2 aromatic carbocycles. The topological polar surface area (TPSA) is 58.2 Å². The molecule has 2 amide bonds. The van der Waals surface area contributed by atoms with Crippen molar-refractivity contribution in [3.8, 4) is 0 Å². The van der Waals surface area contributed by atoms with E-state index in [4.69, 9.17) is 23.2 Å². The van der Waals surface area contributed by atoms with Gasteiger partial charge in [-0.15, -0.1) is 23.2 Å². The molecular weight excluding hydrogens is 459 g/mol. The number of hydrogen-bond acceptors (Lipinski definition) is 4. The maximum atomic E-state index is 12.2. The second-order valence-electron chi connectivity index (χ2n) is 6.53. The Morgan fingerprint density at radius 2 is 1.07 bits per heavy atom. The predicted octanol–water partition coefficient (Wildman–Crippen LogP) is 5.73. The van der Waals surface area contributed by atoms with Crippen LogP contribution in [0.3, 0.4) is 0 Å². The summed E-state index contributed by atoms with van der Waals surface area (Å²) in [6.07, 6.45) is 0.734. The molecule has 0 aliphatic heterocycles. The van der Waals surface area contributed by atoms with Crippen molar-refractivity contribution in [2.24, 2.45) is 0 Å². The highest BCUT2D eigenvalue weighted by atomic mass is 35.5. The van der Waals surface area contributed by atoms with Crippen molar-refractivity contribution in [1.82, 2.24) is 0 Å². The predicted molar refractivity (Wildman–Crippen MR) is 133 cm³/mol. The van der Waals surface area contributed by atoms with Gasteiger partial charge >= 0.3 is 0 Å². The van der Waals surface area contributed by atoms with Crippen molar-refractivity contribution in [1.29, 1.82) is 0 Å². The Balaban J connectivity index is 1.65. The van der Waals surface area contributed by atoms with Crippen LogP contribution in [0, 0.1) is 0 Å². The molecule has 0 heterocycles. The zero-order valence-electron chi connectivity index (χ0n) is 16.6. The average Bonchev–Trinajstić information content (AvgIpc) is 2.76. The van der Waals surface area contributed by atoms with E-state index in [0.29, 0.717) is 24.6 Å². The van der Waals surface area contributed by atoms with Gasteiger partial charge in [-0.2, -0.15) is 23.5 Å². The largest absolute Gasteiger partial charge is 0.326 e. The first-order chi connectivity index (χ1) is 14.6. The SMILES string of the molecule is O=C(CC(CCl)SCCSC(CCl)CC(=O)Nc1ccccc1)Nc1ccccc1. The van der Waals surface area contributed by atoms with Crippen LogP contribution in [0.1, 0.15) is 12.8 Å². The van der Waals surface area contributed by atoms with Crippen molar-refractivity contribution in [2.45, 2.75) is 23.3 Å². The fourth-order valence-corrected chi connectivity index (χ4v) is 5.53. The molecule has 30 heavy (non-hydrogen) atoms. The summed E-state index contributed by atoms with van der Waals surface area (Å²) in [5.41, 5.74) is 1.57. The van der Waals surface area contributed by atoms with E-state index >= 15 is 0 Å². The van der Waals surface area contributed by atoms with E-state index < -0.39 is 0 Å². The van der Waals surface area contributed by atoms with Gasteiger partial charge < -0.3 is 10.6 Å². The Kier molecular flexibility index (Phi) is 12.2. The summed E-state index contributed by atoms with van der Waals surface area (Å²) in [7, 11) is 0. The minimum Gasteiger partial charge on any atom is -0.326 e. The number of amides is 2. The smallest absolute Gasteiger partial charge is 0.225 e. The quantitative estimate of drug-likeness (QED) is 0.281. The van der Waals surface area contributed by atoms with Crippen molar-refractivity contribution in [3.05, 3.63) is 60.7 Å². The molecule has 2 N–H and O–H groups in total. The van der Waals surface area contributed by atoms with Crippen LogP contribution in [0.15, 0.2) is 60.7 Å². The first-order valence-corrected chi connectivity index (χ1v) is 12.8. The van der Waals surface area contributed by atoms with Crippen LogP contribution in [0.2, 0.25) is 0 Å². The molecule has 2 atom stereocenters. The maximum Gasteiger partial charge on any atom is 0.225 e. The molecule has 0 saturated heterocycles. The number of hydrogen-bond donors (Lipinski definition) is 2. The highest BCUT2D eigenvalue weighted by Gasteiger charge is 2.16. The molecule has 0 aliphatic rings. The third-order valence-corrected chi connectivity index (χ3v) is 7.93. The molecule has 4 nitrogen and oxygen atoms in total. The maximum absolute atomic E-state index is 12.2. The normalized spacial score (nSPS) is 12.7. The summed E-state index contributed by atoms with van der Waals surface area (Å²) in [6, 6.07) is 18.8. The molecule has 0 aromatic heterocycles. The summed E-state index contributed by atoms with van der Waals surface area (Å²) in [5.74, 6) is 2.43. The summed E-state index contributed by atoms with van der Waals surface area (Å²) in [5, 5.41) is 5.87. The van der Waals surface area contributed by atoms with E-state index in [0.717, 1.165) is 22.9 Å². The Morgan fingerprint density at radius 1 is 0.700 bits per heavy atom. The number of benzene rings is 2. The van der Waals surface area contributed by atoms with Gasteiger partial charge in [-0.3, -0.25) is 9.59 Å². The molecule has 2 unspecified atom stereocenters. The van der Waals surface area contributed by atoms with Gasteiger partial charge in [-0.1, -0.05) is 36.4 Å². The lowest BCUT2D eigenvalue weighted by Gasteiger charge is -2.16. The lowest BCUT2D eigenvalue weighted by molar-refractivity contribution is -0.116. The van der Waals surface area contributed by atoms with E-state index in [1.165, 1.54) is 0 Å². The molecule has 0 fully saturated rings. The van der Waals surface area contributed by atoms with E-state index in [1.54, 1.807) is 23.5 Å². The molecule has 0 radical (unpaired) electrons. The number of nitrogens with one attached hydrogen (secondary N) is 2. The standard InChI is InChI=1S/C22H26Cl2N2O2S2/c23-15-19(13-21(27)25-17-7-3-1-4-8-17)29-11-12-30-20(16-24)14-22(28)26-18-9-5-2-6-10-18/h1-10,19-20H,11-16H2,(H,25,27)(H,26,28). The Bertz CT molecular complexity index is 701. The second-order valence-corrected chi connectivity index (χ2v) is 9.96. The van der Waals surface area contributed by atoms with E-state index in [1.807, 2.05) is 60.7 Å². The van der Waals surface area contributed by atoms with Gasteiger partial charge in [0, 0.05) is 58.0 Å². The number of halogens is 2. The summed E-state index contributed by atoms with van der Waals surface area (Å²) in [6.45, 7) is 0. The lowest BCUT2D eigenvalue weighted by Crippen LogP contribution is -2.21. The Morgan fingerprint density at radius 3 is 1.40 bits per heavy atom. The number of para-hydroxylation sites is 2.